The molecule has 0 radical (unpaired) electrons. The van der Waals surface area contributed by atoms with E-state index in [2.05, 4.69) is 15.3 Å². The van der Waals surface area contributed by atoms with Crippen LogP contribution in [-0.2, 0) is 0 Å². The van der Waals surface area contributed by atoms with Gasteiger partial charge >= 0.3 is 0 Å². The largest absolute Gasteiger partial charge is 0.488 e. The minimum Gasteiger partial charge on any atom is -0.488 e. The fourth-order valence-corrected chi connectivity index (χ4v) is 4.78. The summed E-state index contributed by atoms with van der Waals surface area (Å²) in [6.45, 7) is 3.40. The molecular formula is C21H22FN3O3S. The van der Waals surface area contributed by atoms with Crippen molar-refractivity contribution in [1.29, 1.82) is 0 Å². The molecule has 0 bridgehead atoms. The van der Waals surface area contributed by atoms with Crippen LogP contribution in [0.15, 0.2) is 24.5 Å². The second-order valence-corrected chi connectivity index (χ2v) is 8.34. The Morgan fingerprint density at radius 3 is 2.93 bits per heavy atom. The van der Waals surface area contributed by atoms with E-state index in [4.69, 9.17) is 4.74 Å². The molecular weight excluding hydrogens is 393 g/mol. The molecule has 1 aliphatic rings. The average Bonchev–Trinajstić information content (AvgIpc) is 3.02. The van der Waals surface area contributed by atoms with Crippen molar-refractivity contribution in [1.82, 2.24) is 9.97 Å². The highest BCUT2D eigenvalue weighted by atomic mass is 32.1. The van der Waals surface area contributed by atoms with Crippen LogP contribution in [0.25, 0.3) is 10.2 Å². The number of halogens is 1. The Balaban J connectivity index is 1.69. The smallest absolute Gasteiger partial charge is 0.170 e. The van der Waals surface area contributed by atoms with Gasteiger partial charge in [-0.05, 0) is 50.8 Å². The van der Waals surface area contributed by atoms with Gasteiger partial charge in [-0.2, -0.15) is 0 Å². The van der Waals surface area contributed by atoms with Gasteiger partial charge in [0.05, 0.1) is 22.1 Å². The van der Waals surface area contributed by atoms with Crippen molar-refractivity contribution >= 4 is 38.8 Å². The number of hydrogen-bond donors (Lipinski definition) is 2. The highest BCUT2D eigenvalue weighted by Gasteiger charge is 2.23. The van der Waals surface area contributed by atoms with Crippen LogP contribution >= 0.6 is 11.3 Å². The molecule has 3 aromatic rings. The van der Waals surface area contributed by atoms with Crippen LogP contribution in [0.3, 0.4) is 0 Å². The molecule has 0 amide bonds. The van der Waals surface area contributed by atoms with Crippen LogP contribution in [0.4, 0.5) is 15.9 Å². The fraction of sp³-hybridized carbons (Fsp3) is 0.381. The van der Waals surface area contributed by atoms with E-state index in [1.165, 1.54) is 36.7 Å². The van der Waals surface area contributed by atoms with Crippen molar-refractivity contribution in [2.75, 3.05) is 5.32 Å². The Morgan fingerprint density at radius 1 is 1.34 bits per heavy atom. The number of aryl methyl sites for hydroxylation is 1. The number of thiophene rings is 1. The zero-order valence-corrected chi connectivity index (χ0v) is 17.1. The second-order valence-electron chi connectivity index (χ2n) is 7.34. The summed E-state index contributed by atoms with van der Waals surface area (Å²) in [6, 6.07) is 4.29. The van der Waals surface area contributed by atoms with Gasteiger partial charge in [0.1, 0.15) is 34.6 Å². The lowest BCUT2D eigenvalue weighted by molar-refractivity contribution is 0.0538. The Morgan fingerprint density at radius 2 is 2.17 bits per heavy atom. The number of carbonyl (C=O) groups is 1. The van der Waals surface area contributed by atoms with E-state index in [-0.39, 0.29) is 11.9 Å². The third-order valence-electron chi connectivity index (χ3n) is 5.14. The monoisotopic (exact) mass is 415 g/mol. The van der Waals surface area contributed by atoms with Gasteiger partial charge in [0.2, 0.25) is 0 Å². The summed E-state index contributed by atoms with van der Waals surface area (Å²) in [4.78, 5) is 21.9. The van der Waals surface area contributed by atoms with E-state index in [1.54, 1.807) is 6.07 Å². The number of ether oxygens (including phenoxy) is 1. The maximum atomic E-state index is 13.9. The fourth-order valence-electron chi connectivity index (χ4n) is 3.73. The predicted molar refractivity (Wildman–Crippen MR) is 111 cm³/mol. The average molecular weight is 415 g/mol. The van der Waals surface area contributed by atoms with Crippen molar-refractivity contribution in [3.05, 3.63) is 40.8 Å². The van der Waals surface area contributed by atoms with Crippen LogP contribution in [0, 0.1) is 12.7 Å². The Bertz CT molecular complexity index is 1070. The molecule has 1 fully saturated rings. The highest BCUT2D eigenvalue weighted by Crippen LogP contribution is 2.37. The Labute approximate surface area is 171 Å². The third kappa shape index (κ3) is 4.09. The lowest BCUT2D eigenvalue weighted by Gasteiger charge is -2.27. The van der Waals surface area contributed by atoms with Crippen molar-refractivity contribution in [2.24, 2.45) is 0 Å². The molecule has 0 aliphatic heterocycles. The maximum Gasteiger partial charge on any atom is 0.170 e. The van der Waals surface area contributed by atoms with Crippen LogP contribution < -0.4 is 10.1 Å². The first kappa shape index (κ1) is 19.7. The summed E-state index contributed by atoms with van der Waals surface area (Å²) in [5.74, 6) is 0.491. The molecule has 1 saturated carbocycles. The summed E-state index contributed by atoms with van der Waals surface area (Å²) in [7, 11) is 0. The van der Waals surface area contributed by atoms with Gasteiger partial charge in [-0.3, -0.25) is 4.79 Å². The van der Waals surface area contributed by atoms with Crippen molar-refractivity contribution in [2.45, 2.75) is 51.7 Å². The molecule has 0 unspecified atom stereocenters. The van der Waals surface area contributed by atoms with Gasteiger partial charge in [-0.1, -0.05) is 0 Å². The zero-order valence-electron chi connectivity index (χ0n) is 16.2. The maximum absolute atomic E-state index is 13.9. The lowest BCUT2D eigenvalue weighted by Crippen LogP contribution is -2.28. The molecule has 4 rings (SSSR count). The molecule has 29 heavy (non-hydrogen) atoms. The first-order chi connectivity index (χ1) is 13.9. The first-order valence-corrected chi connectivity index (χ1v) is 10.4. The second kappa shape index (κ2) is 8.04. The van der Waals surface area contributed by atoms with E-state index in [9.17, 15) is 14.3 Å². The van der Waals surface area contributed by atoms with Crippen molar-refractivity contribution in [3.8, 4) is 5.75 Å². The van der Waals surface area contributed by atoms with Gasteiger partial charge in [-0.15, -0.1) is 11.3 Å². The van der Waals surface area contributed by atoms with Gasteiger partial charge < -0.3 is 15.2 Å². The summed E-state index contributed by atoms with van der Waals surface area (Å²) in [5.41, 5.74) is 1.39. The van der Waals surface area contributed by atoms with E-state index in [0.29, 0.717) is 33.4 Å². The van der Waals surface area contributed by atoms with Gasteiger partial charge in [0.15, 0.2) is 5.78 Å². The number of nitrogens with one attached hydrogen (secondary N) is 1. The minimum atomic E-state index is -0.402. The molecule has 1 aromatic carbocycles. The molecule has 2 heterocycles. The third-order valence-corrected chi connectivity index (χ3v) is 6.44. The van der Waals surface area contributed by atoms with E-state index >= 15 is 0 Å². The standard InChI is InChI=1S/C21H22FN3O3S/c1-11-18-20(23-10-24-21(18)29-19(11)12(2)26)25-16-7-6-13(22)8-17(16)28-15-5-3-4-14(27)9-15/h6-8,10,14-15,27H,3-5,9H2,1-2H3,(H,23,24,25)/t14-,15-/m1/s1. The van der Waals surface area contributed by atoms with Crippen molar-refractivity contribution in [3.63, 3.8) is 0 Å². The number of ketones is 1. The van der Waals surface area contributed by atoms with E-state index < -0.39 is 11.9 Å². The van der Waals surface area contributed by atoms with Crippen LogP contribution in [0.1, 0.15) is 47.8 Å². The Kier molecular flexibility index (Phi) is 5.47. The quantitative estimate of drug-likeness (QED) is 0.584. The SMILES string of the molecule is CC(=O)c1sc2ncnc(Nc3ccc(F)cc3O[C@@H]3CCC[C@@H](O)C3)c2c1C. The van der Waals surface area contributed by atoms with Crippen LogP contribution in [0.2, 0.25) is 0 Å². The number of aliphatic hydroxyl groups is 1. The number of carbonyl (C=O) groups excluding carboxylic acids is 1. The molecule has 152 valence electrons. The van der Waals surface area contributed by atoms with Gasteiger partial charge in [0.25, 0.3) is 0 Å². The van der Waals surface area contributed by atoms with Gasteiger partial charge in [-0.25, -0.2) is 14.4 Å². The zero-order chi connectivity index (χ0) is 20.5. The molecule has 8 heteroatoms. The first-order valence-electron chi connectivity index (χ1n) is 9.58. The lowest BCUT2D eigenvalue weighted by atomic mass is 9.95. The molecule has 6 nitrogen and oxygen atoms in total. The number of rotatable bonds is 5. The van der Waals surface area contributed by atoms with Crippen LogP contribution in [-0.4, -0.2) is 33.1 Å². The number of aromatic nitrogens is 2. The molecule has 2 aromatic heterocycles. The minimum absolute atomic E-state index is 0.0156. The normalized spacial score (nSPS) is 19.3. The highest BCUT2D eigenvalue weighted by molar-refractivity contribution is 7.20. The van der Waals surface area contributed by atoms with E-state index in [1.807, 2.05) is 6.92 Å². The van der Waals surface area contributed by atoms with Crippen molar-refractivity contribution < 1.29 is 19.0 Å². The summed E-state index contributed by atoms with van der Waals surface area (Å²) in [5, 5.41) is 13.9. The number of fused-ring (bicyclic) bond motifs is 1. The molecule has 2 atom stereocenters. The predicted octanol–water partition coefficient (Wildman–Crippen LogP) is 4.77. The number of benzene rings is 1. The number of nitrogens with zero attached hydrogens (tertiary/aromatic N) is 2. The molecule has 1 aliphatic carbocycles. The Hall–Kier alpha value is -2.58. The van der Waals surface area contributed by atoms with Crippen LogP contribution in [0.5, 0.6) is 5.75 Å². The topological polar surface area (TPSA) is 84.3 Å². The van der Waals surface area contributed by atoms with E-state index in [0.717, 1.165) is 30.2 Å². The number of hydrogen-bond acceptors (Lipinski definition) is 7. The summed E-state index contributed by atoms with van der Waals surface area (Å²) in [6.07, 6.45) is 3.86. The summed E-state index contributed by atoms with van der Waals surface area (Å²) < 4.78 is 19.9. The molecule has 2 N–H and O–H groups in total. The number of anilines is 2. The summed E-state index contributed by atoms with van der Waals surface area (Å²) >= 11 is 1.33. The number of aliphatic hydroxyl groups excluding tert-OH is 1. The molecule has 0 spiro atoms. The molecule has 0 saturated heterocycles. The number of Topliss-reactive ketones (excluding diaryl/α,β-unsaturated/α-hetero) is 1. The van der Waals surface area contributed by atoms with Gasteiger partial charge in [0, 0.05) is 12.5 Å².